The third kappa shape index (κ3) is 5.09. The minimum Gasteiger partial charge on any atom is -0.382 e. The van der Waals surface area contributed by atoms with E-state index in [0.717, 1.165) is 34.3 Å². The van der Waals surface area contributed by atoms with Gasteiger partial charge in [-0.15, -0.1) is 0 Å². The molecule has 0 amide bonds. The summed E-state index contributed by atoms with van der Waals surface area (Å²) in [4.78, 5) is 32.8. The molecule has 0 aliphatic carbocycles. The van der Waals surface area contributed by atoms with Crippen LogP contribution in [-0.4, -0.2) is 19.1 Å². The molecular formula is C28H25N7O2. The quantitative estimate of drug-likeness (QED) is 0.393. The number of pyridine rings is 2. The van der Waals surface area contributed by atoms with Gasteiger partial charge in [0.05, 0.1) is 11.6 Å². The van der Waals surface area contributed by atoms with Crippen molar-refractivity contribution in [3.8, 4) is 22.9 Å². The average molecular weight is 492 g/mol. The molecule has 4 N–H and O–H groups in total. The molecule has 0 bridgehead atoms. The van der Waals surface area contributed by atoms with Gasteiger partial charge in [-0.05, 0) is 47.2 Å². The fourth-order valence-corrected chi connectivity index (χ4v) is 3.99. The molecule has 0 radical (unpaired) electrons. The molecule has 0 fully saturated rings. The Bertz CT molecular complexity index is 1750. The van der Waals surface area contributed by atoms with Crippen molar-refractivity contribution in [3.05, 3.63) is 111 Å². The van der Waals surface area contributed by atoms with Gasteiger partial charge < -0.3 is 16.0 Å². The van der Waals surface area contributed by atoms with E-state index in [1.54, 1.807) is 23.9 Å². The first kappa shape index (κ1) is 24.9. The smallest absolute Gasteiger partial charge is 0.263 e. The first-order chi connectivity index (χ1) is 17.8. The molecule has 9 nitrogen and oxygen atoms in total. The van der Waals surface area contributed by atoms with E-state index in [-0.39, 0.29) is 28.4 Å². The standard InChI is InChI=1S/C23H20N2O2.C5H5N5/c1-3-18-14-17-8-7-11-20(16-12-13-24(2)21(26)15-16)22(17)23(27)25(18)19-9-5-4-6-10-19;6-1-3-2-9-5(8)10-4(3)7/h4-15H,3H2,1-2H3;2H,(H4,7,8,9,10). The molecule has 184 valence electrons. The number of rotatable bonds is 3. The number of anilines is 2. The van der Waals surface area contributed by atoms with Crippen LogP contribution >= 0.6 is 0 Å². The highest BCUT2D eigenvalue weighted by atomic mass is 16.1. The van der Waals surface area contributed by atoms with E-state index in [4.69, 9.17) is 16.7 Å². The molecule has 0 spiro atoms. The van der Waals surface area contributed by atoms with Crippen molar-refractivity contribution in [2.24, 2.45) is 7.05 Å². The van der Waals surface area contributed by atoms with E-state index in [9.17, 15) is 9.59 Å². The van der Waals surface area contributed by atoms with Crippen molar-refractivity contribution in [2.45, 2.75) is 13.3 Å². The molecule has 3 heterocycles. The van der Waals surface area contributed by atoms with Crippen LogP contribution in [0.1, 0.15) is 18.2 Å². The third-order valence-electron chi connectivity index (χ3n) is 5.87. The molecule has 5 aromatic rings. The minimum atomic E-state index is -0.0990. The second-order valence-electron chi connectivity index (χ2n) is 8.24. The third-order valence-corrected chi connectivity index (χ3v) is 5.87. The summed E-state index contributed by atoms with van der Waals surface area (Å²) in [5.74, 6) is 0.200. The predicted octanol–water partition coefficient (Wildman–Crippen LogP) is 3.43. The molecule has 5 rings (SSSR count). The SMILES string of the molecule is CCc1cc2cccc(-c3ccn(C)c(=O)c3)c2c(=O)n1-c1ccccc1.N#Cc1cnc(N)nc1N. The number of nitriles is 1. The highest BCUT2D eigenvalue weighted by molar-refractivity contribution is 5.96. The molecule has 37 heavy (non-hydrogen) atoms. The van der Waals surface area contributed by atoms with Gasteiger partial charge in [-0.25, -0.2) is 4.98 Å². The second kappa shape index (κ2) is 10.6. The normalized spacial score (nSPS) is 10.4. The Morgan fingerprint density at radius 2 is 1.76 bits per heavy atom. The molecule has 0 saturated heterocycles. The maximum atomic E-state index is 13.5. The maximum absolute atomic E-state index is 13.5. The van der Waals surface area contributed by atoms with Gasteiger partial charge in [0, 0.05) is 30.7 Å². The van der Waals surface area contributed by atoms with Crippen molar-refractivity contribution < 1.29 is 0 Å². The summed E-state index contributed by atoms with van der Waals surface area (Å²) in [6.07, 6.45) is 3.76. The Balaban J connectivity index is 0.000000270. The monoisotopic (exact) mass is 491 g/mol. The largest absolute Gasteiger partial charge is 0.382 e. The molecule has 3 aromatic heterocycles. The maximum Gasteiger partial charge on any atom is 0.263 e. The Kier molecular flexibility index (Phi) is 7.11. The van der Waals surface area contributed by atoms with Gasteiger partial charge >= 0.3 is 0 Å². The van der Waals surface area contributed by atoms with Gasteiger partial charge in [0.2, 0.25) is 5.95 Å². The van der Waals surface area contributed by atoms with Gasteiger partial charge in [-0.3, -0.25) is 14.2 Å². The van der Waals surface area contributed by atoms with Gasteiger partial charge in [-0.2, -0.15) is 10.2 Å². The lowest BCUT2D eigenvalue weighted by atomic mass is 9.99. The van der Waals surface area contributed by atoms with Crippen molar-refractivity contribution in [3.63, 3.8) is 0 Å². The van der Waals surface area contributed by atoms with Crippen molar-refractivity contribution in [1.82, 2.24) is 19.1 Å². The van der Waals surface area contributed by atoms with Crippen LogP contribution in [0.5, 0.6) is 0 Å². The lowest BCUT2D eigenvalue weighted by Crippen LogP contribution is -2.22. The lowest BCUT2D eigenvalue weighted by molar-refractivity contribution is 0.861. The summed E-state index contributed by atoms with van der Waals surface area (Å²) in [6.45, 7) is 2.05. The summed E-state index contributed by atoms with van der Waals surface area (Å²) in [5.41, 5.74) is 13.9. The van der Waals surface area contributed by atoms with Crippen LogP contribution in [-0.2, 0) is 13.5 Å². The molecule has 0 saturated carbocycles. The molecular weight excluding hydrogens is 466 g/mol. The van der Waals surface area contributed by atoms with Gasteiger partial charge in [0.15, 0.2) is 0 Å². The number of nitrogens with zero attached hydrogens (tertiary/aromatic N) is 5. The van der Waals surface area contributed by atoms with E-state index < -0.39 is 0 Å². The Morgan fingerprint density at radius 3 is 2.41 bits per heavy atom. The molecule has 2 aromatic carbocycles. The summed E-state index contributed by atoms with van der Waals surface area (Å²) in [6, 6.07) is 22.8. The topological polar surface area (TPSA) is 146 Å². The minimum absolute atomic E-state index is 0.0631. The Labute approximate surface area is 212 Å². The van der Waals surface area contributed by atoms with Crippen LogP contribution in [0.25, 0.3) is 27.6 Å². The van der Waals surface area contributed by atoms with E-state index in [1.807, 2.05) is 67.6 Å². The number of hydrogen-bond acceptors (Lipinski definition) is 7. The van der Waals surface area contributed by atoms with Crippen LogP contribution in [0.2, 0.25) is 0 Å². The first-order valence-electron chi connectivity index (χ1n) is 11.5. The highest BCUT2D eigenvalue weighted by Crippen LogP contribution is 2.27. The van der Waals surface area contributed by atoms with Crippen LogP contribution in [0, 0.1) is 11.3 Å². The van der Waals surface area contributed by atoms with Crippen LogP contribution < -0.4 is 22.6 Å². The molecule has 9 heteroatoms. The summed E-state index contributed by atoms with van der Waals surface area (Å²) >= 11 is 0. The van der Waals surface area contributed by atoms with Crippen LogP contribution in [0.15, 0.2) is 88.7 Å². The fraction of sp³-hybridized carbons (Fsp3) is 0.107. The highest BCUT2D eigenvalue weighted by Gasteiger charge is 2.14. The number of fused-ring (bicyclic) bond motifs is 1. The summed E-state index contributed by atoms with van der Waals surface area (Å²) in [7, 11) is 1.71. The van der Waals surface area contributed by atoms with E-state index >= 15 is 0 Å². The zero-order valence-corrected chi connectivity index (χ0v) is 20.4. The predicted molar refractivity (Wildman–Crippen MR) is 145 cm³/mol. The van der Waals surface area contributed by atoms with Crippen LogP contribution in [0.3, 0.4) is 0 Å². The van der Waals surface area contributed by atoms with E-state index in [2.05, 4.69) is 16.0 Å². The molecule has 0 aliphatic rings. The van der Waals surface area contributed by atoms with Crippen molar-refractivity contribution in [2.75, 3.05) is 11.5 Å². The molecule has 0 atom stereocenters. The Morgan fingerprint density at radius 1 is 1.00 bits per heavy atom. The first-order valence-corrected chi connectivity index (χ1v) is 11.5. The number of aromatic nitrogens is 4. The molecule has 0 aliphatic heterocycles. The van der Waals surface area contributed by atoms with Crippen molar-refractivity contribution >= 4 is 22.5 Å². The number of benzene rings is 2. The van der Waals surface area contributed by atoms with E-state index in [0.29, 0.717) is 5.39 Å². The summed E-state index contributed by atoms with van der Waals surface area (Å²) < 4.78 is 3.29. The molecule has 0 unspecified atom stereocenters. The number of nitrogen functional groups attached to an aromatic ring is 2. The van der Waals surface area contributed by atoms with Gasteiger partial charge in [-0.1, -0.05) is 43.3 Å². The number of nitrogens with two attached hydrogens (primary N) is 2. The number of aryl methyl sites for hydroxylation is 2. The van der Waals surface area contributed by atoms with Crippen molar-refractivity contribution in [1.29, 1.82) is 5.26 Å². The lowest BCUT2D eigenvalue weighted by Gasteiger charge is -2.15. The summed E-state index contributed by atoms with van der Waals surface area (Å²) in [5, 5.41) is 9.88. The number of para-hydroxylation sites is 1. The second-order valence-corrected chi connectivity index (χ2v) is 8.24. The van der Waals surface area contributed by atoms with Gasteiger partial charge in [0.25, 0.3) is 11.1 Å². The fourth-order valence-electron chi connectivity index (χ4n) is 3.99. The van der Waals surface area contributed by atoms with Gasteiger partial charge in [0.1, 0.15) is 17.5 Å². The van der Waals surface area contributed by atoms with E-state index in [1.165, 1.54) is 10.8 Å². The number of hydrogen-bond donors (Lipinski definition) is 2. The average Bonchev–Trinajstić information content (AvgIpc) is 2.90. The zero-order chi connectivity index (χ0) is 26.5. The zero-order valence-electron chi connectivity index (χ0n) is 20.4. The Hall–Kier alpha value is -5.23. The van der Waals surface area contributed by atoms with Crippen LogP contribution in [0.4, 0.5) is 11.8 Å².